The number of hydrogen-bond acceptors (Lipinski definition) is 4. The molecule has 2 aromatic rings. The molecule has 0 bridgehead atoms. The first kappa shape index (κ1) is 13.2. The second-order valence-corrected chi connectivity index (χ2v) is 5.47. The van der Waals surface area contributed by atoms with Crippen molar-refractivity contribution in [2.24, 2.45) is 0 Å². The minimum absolute atomic E-state index is 0.290. The van der Waals surface area contributed by atoms with Crippen molar-refractivity contribution in [1.82, 2.24) is 0 Å². The fraction of sp³-hybridized carbons (Fsp3) is 0.167. The summed E-state index contributed by atoms with van der Waals surface area (Å²) >= 11 is 5.03. The lowest BCUT2D eigenvalue weighted by Crippen LogP contribution is -2.02. The van der Waals surface area contributed by atoms with Crippen molar-refractivity contribution in [3.05, 3.63) is 38.7 Å². The Balaban J connectivity index is 2.16. The lowest BCUT2D eigenvalue weighted by molar-refractivity contribution is 0.416. The molecule has 0 aliphatic rings. The number of anilines is 2. The molecular weight excluding hydrogens is 319 g/mol. The number of halogens is 2. The van der Waals surface area contributed by atoms with E-state index in [-0.39, 0.29) is 11.5 Å². The number of thiophene rings is 1. The van der Waals surface area contributed by atoms with Crippen LogP contribution in [0.1, 0.15) is 4.88 Å². The summed E-state index contributed by atoms with van der Waals surface area (Å²) in [6.45, 7) is 0.544. The van der Waals surface area contributed by atoms with Crippen LogP contribution in [-0.2, 0) is 6.54 Å². The van der Waals surface area contributed by atoms with Gasteiger partial charge in [0.1, 0.15) is 11.6 Å². The number of nitrogen functional groups attached to an aromatic ring is 1. The summed E-state index contributed by atoms with van der Waals surface area (Å²) in [6.07, 6.45) is 0. The third-order valence-corrected chi connectivity index (χ3v) is 4.38. The Hall–Kier alpha value is -1.27. The first-order valence-corrected chi connectivity index (χ1v) is 6.88. The Labute approximate surface area is 117 Å². The highest BCUT2D eigenvalue weighted by Gasteiger charge is 2.09. The van der Waals surface area contributed by atoms with Crippen molar-refractivity contribution in [2.75, 3.05) is 18.2 Å². The summed E-state index contributed by atoms with van der Waals surface area (Å²) in [6, 6.07) is 4.78. The molecule has 6 heteroatoms. The molecule has 1 aromatic carbocycles. The molecule has 0 saturated heterocycles. The number of nitrogens with one attached hydrogen (secondary N) is 1. The molecule has 0 atom stereocenters. The summed E-state index contributed by atoms with van der Waals surface area (Å²) in [5, 5.41) is 5.00. The van der Waals surface area contributed by atoms with Crippen molar-refractivity contribution in [3.63, 3.8) is 0 Å². The van der Waals surface area contributed by atoms with Crippen molar-refractivity contribution in [1.29, 1.82) is 0 Å². The van der Waals surface area contributed by atoms with Gasteiger partial charge in [-0.3, -0.25) is 0 Å². The van der Waals surface area contributed by atoms with Crippen LogP contribution in [0, 0.1) is 5.82 Å². The second-order valence-electron chi connectivity index (χ2n) is 3.62. The van der Waals surface area contributed by atoms with E-state index in [1.54, 1.807) is 17.4 Å². The lowest BCUT2D eigenvalue weighted by atomic mass is 10.2. The van der Waals surface area contributed by atoms with Crippen LogP contribution < -0.4 is 15.8 Å². The Bertz CT molecular complexity index is 559. The number of nitrogens with two attached hydrogens (primary N) is 1. The quantitative estimate of drug-likeness (QED) is 0.837. The molecule has 3 N–H and O–H groups in total. The van der Waals surface area contributed by atoms with Crippen LogP contribution in [0.4, 0.5) is 15.8 Å². The number of ether oxygens (including phenoxy) is 1. The van der Waals surface area contributed by atoms with Gasteiger partial charge in [-0.05, 0) is 27.4 Å². The topological polar surface area (TPSA) is 47.3 Å². The molecule has 0 radical (unpaired) electrons. The smallest absolute Gasteiger partial charge is 0.148 e. The SMILES string of the molecule is COc1cc(NCc2sccc2Br)c(F)cc1N. The van der Waals surface area contributed by atoms with Gasteiger partial charge in [0.25, 0.3) is 0 Å². The van der Waals surface area contributed by atoms with Crippen molar-refractivity contribution in [2.45, 2.75) is 6.54 Å². The highest BCUT2D eigenvalue weighted by molar-refractivity contribution is 9.10. The van der Waals surface area contributed by atoms with Crippen molar-refractivity contribution in [3.8, 4) is 5.75 Å². The number of rotatable bonds is 4. The number of methoxy groups -OCH3 is 1. The molecule has 1 aromatic heterocycles. The third kappa shape index (κ3) is 2.76. The molecule has 18 heavy (non-hydrogen) atoms. The third-order valence-electron chi connectivity index (χ3n) is 2.45. The minimum atomic E-state index is -0.388. The maximum absolute atomic E-state index is 13.7. The van der Waals surface area contributed by atoms with Gasteiger partial charge in [0.15, 0.2) is 0 Å². The van der Waals surface area contributed by atoms with Gasteiger partial charge >= 0.3 is 0 Å². The Morgan fingerprint density at radius 3 is 2.89 bits per heavy atom. The summed E-state index contributed by atoms with van der Waals surface area (Å²) in [5.41, 5.74) is 6.28. The van der Waals surface area contributed by atoms with Crippen LogP contribution >= 0.6 is 27.3 Å². The van der Waals surface area contributed by atoms with E-state index in [1.807, 2.05) is 11.4 Å². The monoisotopic (exact) mass is 330 g/mol. The standard InChI is InChI=1S/C12H12BrFN2OS/c1-17-11-5-10(8(14)4-9(11)15)16-6-12-7(13)2-3-18-12/h2-5,16H,6,15H2,1H3. The molecule has 0 unspecified atom stereocenters. The molecule has 0 aliphatic heterocycles. The first-order chi connectivity index (χ1) is 8.61. The van der Waals surface area contributed by atoms with Gasteiger partial charge in [-0.1, -0.05) is 0 Å². The van der Waals surface area contributed by atoms with E-state index in [1.165, 1.54) is 13.2 Å². The van der Waals surface area contributed by atoms with Crippen LogP contribution in [0.3, 0.4) is 0 Å². The van der Waals surface area contributed by atoms with Crippen LogP contribution in [0.5, 0.6) is 5.75 Å². The molecule has 0 aliphatic carbocycles. The zero-order valence-electron chi connectivity index (χ0n) is 9.67. The predicted molar refractivity (Wildman–Crippen MR) is 76.7 cm³/mol. The van der Waals surface area contributed by atoms with E-state index in [0.717, 1.165) is 9.35 Å². The summed E-state index contributed by atoms with van der Waals surface area (Å²) < 4.78 is 19.8. The highest BCUT2D eigenvalue weighted by atomic mass is 79.9. The van der Waals surface area contributed by atoms with Crippen LogP contribution in [0.25, 0.3) is 0 Å². The molecule has 0 spiro atoms. The Morgan fingerprint density at radius 1 is 1.50 bits per heavy atom. The van der Waals surface area contributed by atoms with E-state index in [4.69, 9.17) is 10.5 Å². The van der Waals surface area contributed by atoms with E-state index in [9.17, 15) is 4.39 Å². The first-order valence-electron chi connectivity index (χ1n) is 5.20. The fourth-order valence-electron chi connectivity index (χ4n) is 1.51. The van der Waals surface area contributed by atoms with Gasteiger partial charge in [0.05, 0.1) is 25.0 Å². The zero-order chi connectivity index (χ0) is 13.1. The van der Waals surface area contributed by atoms with E-state index < -0.39 is 0 Å². The van der Waals surface area contributed by atoms with Crippen molar-refractivity contribution >= 4 is 38.6 Å². The molecule has 0 amide bonds. The minimum Gasteiger partial charge on any atom is -0.495 e. The normalized spacial score (nSPS) is 10.4. The largest absolute Gasteiger partial charge is 0.495 e. The summed E-state index contributed by atoms with van der Waals surface area (Å²) in [5.74, 6) is 0.0742. The molecule has 0 fully saturated rings. The maximum Gasteiger partial charge on any atom is 0.148 e. The maximum atomic E-state index is 13.7. The highest BCUT2D eigenvalue weighted by Crippen LogP contribution is 2.29. The summed E-state index contributed by atoms with van der Waals surface area (Å²) in [7, 11) is 1.50. The van der Waals surface area contributed by atoms with Crippen LogP contribution in [0.2, 0.25) is 0 Å². The Morgan fingerprint density at radius 2 is 2.28 bits per heavy atom. The van der Waals surface area contributed by atoms with Gasteiger partial charge in [0, 0.05) is 21.5 Å². The number of hydrogen-bond donors (Lipinski definition) is 2. The molecule has 3 nitrogen and oxygen atoms in total. The Kier molecular flexibility index (Phi) is 4.08. The molecule has 0 saturated carbocycles. The van der Waals surface area contributed by atoms with Gasteiger partial charge in [-0.25, -0.2) is 4.39 Å². The van der Waals surface area contributed by atoms with Gasteiger partial charge in [-0.15, -0.1) is 11.3 Å². The average molecular weight is 331 g/mol. The van der Waals surface area contributed by atoms with Gasteiger partial charge < -0.3 is 15.8 Å². The van der Waals surface area contributed by atoms with Crippen LogP contribution in [0.15, 0.2) is 28.1 Å². The van der Waals surface area contributed by atoms with E-state index in [2.05, 4.69) is 21.2 Å². The molecule has 1 heterocycles. The molecule has 2 rings (SSSR count). The average Bonchev–Trinajstić information content (AvgIpc) is 2.74. The van der Waals surface area contributed by atoms with E-state index in [0.29, 0.717) is 18.0 Å². The fourth-order valence-corrected chi connectivity index (χ4v) is 2.94. The second kappa shape index (κ2) is 5.58. The van der Waals surface area contributed by atoms with Crippen LogP contribution in [-0.4, -0.2) is 7.11 Å². The zero-order valence-corrected chi connectivity index (χ0v) is 12.1. The molecular formula is C12H12BrFN2OS. The molecule has 96 valence electrons. The van der Waals surface area contributed by atoms with Gasteiger partial charge in [0.2, 0.25) is 0 Å². The number of benzene rings is 1. The summed E-state index contributed by atoms with van der Waals surface area (Å²) in [4.78, 5) is 1.10. The lowest BCUT2D eigenvalue weighted by Gasteiger charge is -2.11. The van der Waals surface area contributed by atoms with Crippen molar-refractivity contribution < 1.29 is 9.13 Å². The predicted octanol–water partition coefficient (Wildman–Crippen LogP) is 3.85. The van der Waals surface area contributed by atoms with E-state index >= 15 is 0 Å². The van der Waals surface area contributed by atoms with Gasteiger partial charge in [-0.2, -0.15) is 0 Å².